The normalized spacial score (nSPS) is 18.9. The number of amides is 1. The number of ether oxygens (including phenoxy) is 2. The van der Waals surface area contributed by atoms with Crippen LogP contribution in [-0.2, 0) is 20.9 Å². The van der Waals surface area contributed by atoms with Gasteiger partial charge in [0.2, 0.25) is 0 Å². The summed E-state index contributed by atoms with van der Waals surface area (Å²) in [6.07, 6.45) is 0. The number of aliphatic carboxylic acids is 1. The summed E-state index contributed by atoms with van der Waals surface area (Å²) in [5.74, 6) is -1.33. The van der Waals surface area contributed by atoms with E-state index in [0.717, 1.165) is 5.56 Å². The minimum Gasteiger partial charge on any atom is -0.480 e. The van der Waals surface area contributed by atoms with Gasteiger partial charge in [-0.25, -0.2) is 4.79 Å². The van der Waals surface area contributed by atoms with Crippen molar-refractivity contribution in [3.63, 3.8) is 0 Å². The fraction of sp³-hybridized carbons (Fsp3) is 0.429. The Labute approximate surface area is 116 Å². The summed E-state index contributed by atoms with van der Waals surface area (Å²) in [6.45, 7) is 1.15. The zero-order valence-corrected chi connectivity index (χ0v) is 11.2. The van der Waals surface area contributed by atoms with Crippen LogP contribution in [0.5, 0.6) is 0 Å². The summed E-state index contributed by atoms with van der Waals surface area (Å²) < 4.78 is 10.1. The largest absolute Gasteiger partial charge is 0.480 e. The third-order valence-corrected chi connectivity index (χ3v) is 3.19. The van der Waals surface area contributed by atoms with Crippen LogP contribution >= 0.6 is 0 Å². The number of hydrogen-bond acceptors (Lipinski definition) is 4. The molecule has 1 aromatic carbocycles. The number of carbonyl (C=O) groups excluding carboxylic acids is 1. The topological polar surface area (TPSA) is 76.1 Å². The van der Waals surface area contributed by atoms with Crippen LogP contribution in [0.4, 0.5) is 0 Å². The van der Waals surface area contributed by atoms with E-state index >= 15 is 0 Å². The molecule has 0 saturated carbocycles. The van der Waals surface area contributed by atoms with Gasteiger partial charge in [-0.3, -0.25) is 4.79 Å². The maximum absolute atomic E-state index is 12.4. The fourth-order valence-electron chi connectivity index (χ4n) is 2.13. The standard InChI is InChI=1S/C14H17NO5/c1-19-8-10-2-4-11(5-3-10)13(16)15-6-7-20-9-12(15)14(17)18/h2-5,12H,6-9H2,1H3,(H,17,18)/t12-/m1/s1. The lowest BCUT2D eigenvalue weighted by Crippen LogP contribution is -2.52. The van der Waals surface area contributed by atoms with Gasteiger partial charge in [-0.05, 0) is 17.7 Å². The number of hydrogen-bond donors (Lipinski definition) is 1. The predicted octanol–water partition coefficient (Wildman–Crippen LogP) is 0.759. The molecule has 0 bridgehead atoms. The molecule has 1 fully saturated rings. The van der Waals surface area contributed by atoms with Crippen molar-refractivity contribution in [2.75, 3.05) is 26.9 Å². The summed E-state index contributed by atoms with van der Waals surface area (Å²) in [4.78, 5) is 24.9. The lowest BCUT2D eigenvalue weighted by Gasteiger charge is -2.32. The highest BCUT2D eigenvalue weighted by molar-refractivity contribution is 5.96. The van der Waals surface area contributed by atoms with Crippen LogP contribution in [0.3, 0.4) is 0 Å². The van der Waals surface area contributed by atoms with Crippen molar-refractivity contribution in [3.8, 4) is 0 Å². The molecule has 20 heavy (non-hydrogen) atoms. The number of carboxylic acid groups (broad SMARTS) is 1. The lowest BCUT2D eigenvalue weighted by molar-refractivity contribution is -0.147. The zero-order chi connectivity index (χ0) is 14.5. The number of nitrogens with zero attached hydrogens (tertiary/aromatic N) is 1. The average molecular weight is 279 g/mol. The maximum Gasteiger partial charge on any atom is 0.328 e. The van der Waals surface area contributed by atoms with Crippen LogP contribution in [-0.4, -0.2) is 54.8 Å². The first-order valence-corrected chi connectivity index (χ1v) is 6.33. The molecule has 1 amide bonds. The van der Waals surface area contributed by atoms with Gasteiger partial charge in [0, 0.05) is 19.2 Å². The molecule has 1 saturated heterocycles. The summed E-state index contributed by atoms with van der Waals surface area (Å²) in [5, 5.41) is 9.13. The first-order valence-electron chi connectivity index (χ1n) is 6.33. The molecule has 1 atom stereocenters. The molecular formula is C14H17NO5. The third-order valence-electron chi connectivity index (χ3n) is 3.19. The second kappa shape index (κ2) is 6.49. The Balaban J connectivity index is 2.14. The van der Waals surface area contributed by atoms with E-state index in [1.165, 1.54) is 4.90 Å². The Morgan fingerprint density at radius 3 is 2.70 bits per heavy atom. The highest BCUT2D eigenvalue weighted by Crippen LogP contribution is 2.14. The molecule has 0 aromatic heterocycles. The molecule has 1 N–H and O–H groups in total. The molecule has 1 aromatic rings. The fourth-order valence-corrected chi connectivity index (χ4v) is 2.13. The monoisotopic (exact) mass is 279 g/mol. The van der Waals surface area contributed by atoms with Gasteiger partial charge in [0.25, 0.3) is 5.91 Å². The van der Waals surface area contributed by atoms with Gasteiger partial charge in [0.1, 0.15) is 0 Å². The average Bonchev–Trinajstić information content (AvgIpc) is 2.47. The Bertz CT molecular complexity index is 485. The van der Waals surface area contributed by atoms with E-state index in [-0.39, 0.29) is 19.1 Å². The number of methoxy groups -OCH3 is 1. The van der Waals surface area contributed by atoms with Crippen LogP contribution in [0.25, 0.3) is 0 Å². The summed E-state index contributed by atoms with van der Waals surface area (Å²) >= 11 is 0. The molecule has 0 aliphatic carbocycles. The second-order valence-electron chi connectivity index (χ2n) is 4.56. The van der Waals surface area contributed by atoms with Gasteiger partial charge in [0.15, 0.2) is 6.04 Å². The molecule has 0 spiro atoms. The number of morpholine rings is 1. The van der Waals surface area contributed by atoms with Crippen molar-refractivity contribution >= 4 is 11.9 Å². The maximum atomic E-state index is 12.4. The SMILES string of the molecule is COCc1ccc(C(=O)N2CCOC[C@@H]2C(=O)O)cc1. The number of carbonyl (C=O) groups is 2. The van der Waals surface area contributed by atoms with Gasteiger partial charge < -0.3 is 19.5 Å². The summed E-state index contributed by atoms with van der Waals surface area (Å²) in [5.41, 5.74) is 1.43. The molecule has 2 rings (SSSR count). The molecule has 6 nitrogen and oxygen atoms in total. The predicted molar refractivity (Wildman–Crippen MR) is 70.4 cm³/mol. The molecule has 108 valence electrons. The van der Waals surface area contributed by atoms with Crippen molar-refractivity contribution in [3.05, 3.63) is 35.4 Å². The van der Waals surface area contributed by atoms with Crippen LogP contribution in [0.2, 0.25) is 0 Å². The van der Waals surface area contributed by atoms with Crippen molar-refractivity contribution in [1.29, 1.82) is 0 Å². The molecule has 1 aliphatic heterocycles. The molecule has 1 aliphatic rings. The molecule has 1 heterocycles. The van der Waals surface area contributed by atoms with Gasteiger partial charge >= 0.3 is 5.97 Å². The number of benzene rings is 1. The van der Waals surface area contributed by atoms with Gasteiger partial charge in [-0.1, -0.05) is 12.1 Å². The minimum atomic E-state index is -1.05. The van der Waals surface area contributed by atoms with Crippen LogP contribution < -0.4 is 0 Å². The number of carboxylic acids is 1. The molecule has 0 radical (unpaired) electrons. The van der Waals surface area contributed by atoms with Crippen LogP contribution in [0.15, 0.2) is 24.3 Å². The van der Waals surface area contributed by atoms with E-state index < -0.39 is 12.0 Å². The summed E-state index contributed by atoms with van der Waals surface area (Å²) in [7, 11) is 1.60. The van der Waals surface area contributed by atoms with Gasteiger partial charge in [-0.2, -0.15) is 0 Å². The smallest absolute Gasteiger partial charge is 0.328 e. The van der Waals surface area contributed by atoms with E-state index in [9.17, 15) is 9.59 Å². The quantitative estimate of drug-likeness (QED) is 0.880. The Morgan fingerprint density at radius 2 is 2.10 bits per heavy atom. The van der Waals surface area contributed by atoms with E-state index in [0.29, 0.717) is 18.8 Å². The zero-order valence-electron chi connectivity index (χ0n) is 11.2. The molecule has 0 unspecified atom stereocenters. The van der Waals surface area contributed by atoms with Crippen molar-refractivity contribution in [2.24, 2.45) is 0 Å². The van der Waals surface area contributed by atoms with Crippen molar-refractivity contribution in [1.82, 2.24) is 4.90 Å². The highest BCUT2D eigenvalue weighted by atomic mass is 16.5. The van der Waals surface area contributed by atoms with E-state index in [1.807, 2.05) is 0 Å². The van der Waals surface area contributed by atoms with Crippen LogP contribution in [0, 0.1) is 0 Å². The first-order chi connectivity index (χ1) is 9.63. The Morgan fingerprint density at radius 1 is 1.40 bits per heavy atom. The van der Waals surface area contributed by atoms with Crippen LogP contribution in [0.1, 0.15) is 15.9 Å². The first kappa shape index (κ1) is 14.5. The number of rotatable bonds is 4. The third kappa shape index (κ3) is 3.15. The molecule has 6 heteroatoms. The minimum absolute atomic E-state index is 0.0306. The van der Waals surface area contributed by atoms with Crippen molar-refractivity contribution in [2.45, 2.75) is 12.6 Å². The Kier molecular flexibility index (Phi) is 4.70. The van der Waals surface area contributed by atoms with Crippen molar-refractivity contribution < 1.29 is 24.2 Å². The lowest BCUT2D eigenvalue weighted by atomic mass is 10.1. The highest BCUT2D eigenvalue weighted by Gasteiger charge is 2.33. The van der Waals surface area contributed by atoms with Gasteiger partial charge in [0.05, 0.1) is 19.8 Å². The Hall–Kier alpha value is -1.92. The summed E-state index contributed by atoms with van der Waals surface area (Å²) in [6, 6.07) is 6.05. The van der Waals surface area contributed by atoms with E-state index in [4.69, 9.17) is 14.6 Å². The second-order valence-corrected chi connectivity index (χ2v) is 4.56. The molecular weight excluding hydrogens is 262 g/mol. The van der Waals surface area contributed by atoms with E-state index in [1.54, 1.807) is 31.4 Å². The van der Waals surface area contributed by atoms with Gasteiger partial charge in [-0.15, -0.1) is 0 Å². The van der Waals surface area contributed by atoms with E-state index in [2.05, 4.69) is 0 Å².